The van der Waals surface area contributed by atoms with Crippen molar-refractivity contribution in [3.05, 3.63) is 76.8 Å². The monoisotopic (exact) mass is 429 g/mol. The van der Waals surface area contributed by atoms with Crippen LogP contribution in [0.15, 0.2) is 65.6 Å². The summed E-state index contributed by atoms with van der Waals surface area (Å²) in [7, 11) is -3.53. The minimum Gasteiger partial charge on any atom is -0.208 e. The van der Waals surface area contributed by atoms with Gasteiger partial charge in [-0.2, -0.15) is 0 Å². The molecule has 1 aromatic carbocycles. The van der Waals surface area contributed by atoms with Crippen LogP contribution in [0.4, 0.5) is 0 Å². The minimum atomic E-state index is -3.53. The fourth-order valence-electron chi connectivity index (χ4n) is 3.53. The summed E-state index contributed by atoms with van der Waals surface area (Å²) in [5.41, 5.74) is 5.19. The van der Waals surface area contributed by atoms with Crippen molar-refractivity contribution in [1.82, 2.24) is 4.72 Å². The van der Waals surface area contributed by atoms with E-state index >= 15 is 0 Å². The Kier molecular flexibility index (Phi) is 6.99. The Labute approximate surface area is 179 Å². The average molecular weight is 430 g/mol. The third kappa shape index (κ3) is 5.59. The zero-order valence-corrected chi connectivity index (χ0v) is 18.7. The van der Waals surface area contributed by atoms with E-state index in [1.54, 1.807) is 12.1 Å². The number of sulfonamides is 1. The van der Waals surface area contributed by atoms with Crippen LogP contribution in [0.5, 0.6) is 0 Å². The van der Waals surface area contributed by atoms with Crippen LogP contribution >= 0.6 is 11.6 Å². The molecule has 1 aromatic rings. The van der Waals surface area contributed by atoms with Gasteiger partial charge in [0, 0.05) is 11.1 Å². The lowest BCUT2D eigenvalue weighted by Crippen LogP contribution is -2.32. The van der Waals surface area contributed by atoms with Crippen LogP contribution in [0.1, 0.15) is 50.7 Å². The number of hydrogen-bond donors (Lipinski definition) is 1. The normalized spacial score (nSPS) is 13.1. The molecule has 0 bridgehead atoms. The van der Waals surface area contributed by atoms with Gasteiger partial charge >= 0.3 is 0 Å². The standard InChI is InChI=1S/C24H28ClNO2S/c1-17(2)19-7-8-21-10-9-20(24(21)16-11-19)6-4-5-18(3)26-29(27,28)23-14-12-22(25)13-15-23/h7-18,26H,4-6H2,1-3H3. The van der Waals surface area contributed by atoms with Gasteiger partial charge in [0.25, 0.3) is 0 Å². The molecule has 2 aliphatic carbocycles. The van der Waals surface area contributed by atoms with E-state index in [9.17, 15) is 8.42 Å². The minimum absolute atomic E-state index is 0.138. The first-order chi connectivity index (χ1) is 13.8. The van der Waals surface area contributed by atoms with Crippen molar-refractivity contribution in [2.45, 2.75) is 56.9 Å². The highest BCUT2D eigenvalue weighted by molar-refractivity contribution is 7.89. The molecular weight excluding hydrogens is 402 g/mol. The second-order valence-corrected chi connectivity index (χ2v) is 10.1. The van der Waals surface area contributed by atoms with Crippen LogP contribution in [0.3, 0.4) is 0 Å². The van der Waals surface area contributed by atoms with Crippen LogP contribution in [0.25, 0.3) is 11.1 Å². The van der Waals surface area contributed by atoms with Crippen molar-refractivity contribution in [2.24, 2.45) is 0 Å². The van der Waals surface area contributed by atoms with Crippen LogP contribution in [0, 0.1) is 0 Å². The SMILES string of the molecule is CC(CCCc1ccc2ccc(C(C)C)ccc1-2)NS(=O)(=O)c1ccc(Cl)cc1. The maximum atomic E-state index is 12.5. The highest BCUT2D eigenvalue weighted by Gasteiger charge is 2.17. The number of hydrogen-bond acceptors (Lipinski definition) is 2. The Balaban J connectivity index is 1.59. The molecule has 0 spiro atoms. The summed E-state index contributed by atoms with van der Waals surface area (Å²) >= 11 is 5.84. The second-order valence-electron chi connectivity index (χ2n) is 7.92. The van der Waals surface area contributed by atoms with Crippen molar-refractivity contribution in [2.75, 3.05) is 0 Å². The van der Waals surface area contributed by atoms with Crippen molar-refractivity contribution in [1.29, 1.82) is 0 Å². The van der Waals surface area contributed by atoms with Gasteiger partial charge in [-0.05, 0) is 78.6 Å². The van der Waals surface area contributed by atoms with Gasteiger partial charge in [0.05, 0.1) is 4.90 Å². The molecule has 1 unspecified atom stereocenters. The molecule has 0 heterocycles. The first kappa shape index (κ1) is 21.8. The van der Waals surface area contributed by atoms with Crippen LogP contribution < -0.4 is 4.72 Å². The molecule has 0 aliphatic heterocycles. The largest absolute Gasteiger partial charge is 0.240 e. The Bertz CT molecular complexity index is 1030. The van der Waals surface area contributed by atoms with Crippen molar-refractivity contribution in [3.63, 3.8) is 0 Å². The quantitative estimate of drug-likeness (QED) is 0.459. The van der Waals surface area contributed by atoms with E-state index in [2.05, 4.69) is 55.0 Å². The van der Waals surface area contributed by atoms with Gasteiger partial charge in [-0.1, -0.05) is 61.8 Å². The number of rotatable bonds is 8. The molecule has 0 amide bonds. The maximum Gasteiger partial charge on any atom is 0.240 e. The van der Waals surface area contributed by atoms with E-state index in [1.807, 2.05) is 6.92 Å². The Morgan fingerprint density at radius 1 is 0.897 bits per heavy atom. The highest BCUT2D eigenvalue weighted by Crippen LogP contribution is 2.30. The molecule has 0 saturated carbocycles. The van der Waals surface area contributed by atoms with E-state index in [0.29, 0.717) is 10.9 Å². The smallest absolute Gasteiger partial charge is 0.208 e. The van der Waals surface area contributed by atoms with Gasteiger partial charge in [0.1, 0.15) is 0 Å². The molecule has 154 valence electrons. The average Bonchev–Trinajstić information content (AvgIpc) is 2.90. The van der Waals surface area contributed by atoms with Crippen molar-refractivity contribution in [3.8, 4) is 11.1 Å². The molecule has 0 aromatic heterocycles. The molecule has 1 N–H and O–H groups in total. The molecule has 3 nitrogen and oxygen atoms in total. The molecule has 5 heteroatoms. The molecule has 0 fully saturated rings. The number of aryl methyl sites for hydroxylation is 1. The van der Waals surface area contributed by atoms with E-state index < -0.39 is 10.0 Å². The molecular formula is C24H28ClNO2S. The summed E-state index contributed by atoms with van der Waals surface area (Å²) in [5.74, 6) is 0.504. The third-order valence-electron chi connectivity index (χ3n) is 5.25. The lowest BCUT2D eigenvalue weighted by molar-refractivity contribution is 0.537. The van der Waals surface area contributed by atoms with Gasteiger partial charge in [0.15, 0.2) is 0 Å². The van der Waals surface area contributed by atoms with Gasteiger partial charge < -0.3 is 0 Å². The van der Waals surface area contributed by atoms with Gasteiger partial charge in [-0.15, -0.1) is 0 Å². The molecule has 3 rings (SSSR count). The summed E-state index contributed by atoms with van der Waals surface area (Å²) < 4.78 is 27.7. The zero-order valence-electron chi connectivity index (χ0n) is 17.2. The van der Waals surface area contributed by atoms with Crippen LogP contribution in [-0.4, -0.2) is 14.5 Å². The van der Waals surface area contributed by atoms with Gasteiger partial charge in [-0.3, -0.25) is 0 Å². The Hall–Kier alpha value is -1.88. The Morgan fingerprint density at radius 2 is 1.55 bits per heavy atom. The third-order valence-corrected chi connectivity index (χ3v) is 7.11. The number of nitrogens with one attached hydrogen (secondary N) is 1. The predicted octanol–water partition coefficient (Wildman–Crippen LogP) is 6.26. The summed E-state index contributed by atoms with van der Waals surface area (Å²) in [6, 6.07) is 19.3. The molecule has 0 saturated heterocycles. The fraction of sp³-hybridized carbons (Fsp3) is 0.333. The van der Waals surface area contributed by atoms with Crippen LogP contribution in [-0.2, 0) is 16.4 Å². The highest BCUT2D eigenvalue weighted by atomic mass is 35.5. The molecule has 2 aliphatic rings. The van der Waals surface area contributed by atoms with E-state index in [4.69, 9.17) is 11.6 Å². The topological polar surface area (TPSA) is 46.2 Å². The second kappa shape index (κ2) is 9.29. The van der Waals surface area contributed by atoms with Crippen molar-refractivity contribution >= 4 is 21.6 Å². The summed E-state index contributed by atoms with van der Waals surface area (Å²) in [6.07, 6.45) is 2.62. The van der Waals surface area contributed by atoms with E-state index in [0.717, 1.165) is 19.3 Å². The molecule has 1 atom stereocenters. The van der Waals surface area contributed by atoms with Crippen molar-refractivity contribution < 1.29 is 8.42 Å². The number of halogens is 1. The Morgan fingerprint density at radius 3 is 2.24 bits per heavy atom. The first-order valence-corrected chi connectivity index (χ1v) is 11.9. The number of benzene rings is 1. The first-order valence-electron chi connectivity index (χ1n) is 10.1. The maximum absolute atomic E-state index is 12.5. The lowest BCUT2D eigenvalue weighted by atomic mass is 10.0. The zero-order chi connectivity index (χ0) is 21.0. The summed E-state index contributed by atoms with van der Waals surface area (Å²) in [5, 5.41) is 0.521. The van der Waals surface area contributed by atoms with E-state index in [-0.39, 0.29) is 10.9 Å². The fourth-order valence-corrected chi connectivity index (χ4v) is 4.94. The van der Waals surface area contributed by atoms with Gasteiger partial charge in [0.2, 0.25) is 10.0 Å². The van der Waals surface area contributed by atoms with Gasteiger partial charge in [-0.25, -0.2) is 13.1 Å². The van der Waals surface area contributed by atoms with E-state index in [1.165, 1.54) is 34.4 Å². The molecule has 29 heavy (non-hydrogen) atoms. The summed E-state index contributed by atoms with van der Waals surface area (Å²) in [4.78, 5) is 0.240. The molecule has 0 radical (unpaired) electrons. The summed E-state index contributed by atoms with van der Waals surface area (Å²) in [6.45, 7) is 6.31. The predicted molar refractivity (Wildman–Crippen MR) is 121 cm³/mol. The lowest BCUT2D eigenvalue weighted by Gasteiger charge is -2.14. The number of fused-ring (bicyclic) bond motifs is 1. The van der Waals surface area contributed by atoms with Crippen LogP contribution in [0.2, 0.25) is 5.02 Å².